The molecule has 0 amide bonds. The van der Waals surface area contributed by atoms with Gasteiger partial charge in [0.2, 0.25) is 10.0 Å². The van der Waals surface area contributed by atoms with Crippen LogP contribution in [-0.4, -0.2) is 26.5 Å². The number of hydrogen-bond acceptors (Lipinski definition) is 3. The minimum absolute atomic E-state index is 0.264. The fourth-order valence-corrected chi connectivity index (χ4v) is 2.83. The van der Waals surface area contributed by atoms with Gasteiger partial charge in [-0.1, -0.05) is 6.92 Å². The molecule has 0 atom stereocenters. The largest absolute Gasteiger partial charge is 0.240 e. The lowest BCUT2D eigenvalue weighted by atomic mass is 10.3. The molecule has 1 aromatic carbocycles. The first kappa shape index (κ1) is 14.4. The van der Waals surface area contributed by atoms with Crippen LogP contribution in [0.2, 0.25) is 0 Å². The highest BCUT2D eigenvalue weighted by Crippen LogP contribution is 2.13. The maximum absolute atomic E-state index is 12.9. The lowest BCUT2D eigenvalue weighted by Gasteiger charge is -2.06. The number of halogens is 2. The highest BCUT2D eigenvalue weighted by atomic mass is 32.2. The molecule has 0 spiro atoms. The third-order valence-electron chi connectivity index (χ3n) is 1.94. The van der Waals surface area contributed by atoms with Crippen molar-refractivity contribution in [3.05, 3.63) is 29.8 Å². The van der Waals surface area contributed by atoms with Gasteiger partial charge in [0.25, 0.3) is 0 Å². The molecule has 0 saturated carbocycles. The first-order valence-corrected chi connectivity index (χ1v) is 7.63. The molecule has 0 unspecified atom stereocenters. The van der Waals surface area contributed by atoms with Crippen molar-refractivity contribution in [2.24, 2.45) is 0 Å². The first-order chi connectivity index (χ1) is 7.97. The highest BCUT2D eigenvalue weighted by Gasteiger charge is 2.15. The van der Waals surface area contributed by atoms with Crippen LogP contribution in [0.5, 0.6) is 0 Å². The van der Waals surface area contributed by atoms with Gasteiger partial charge in [-0.15, -0.1) is 0 Å². The predicted molar refractivity (Wildman–Crippen MR) is 64.5 cm³/mol. The fraction of sp³-hybridized carbons (Fsp3) is 0.400. The highest BCUT2D eigenvalue weighted by molar-refractivity contribution is 7.99. The van der Waals surface area contributed by atoms with E-state index in [1.165, 1.54) is 0 Å². The van der Waals surface area contributed by atoms with Crippen molar-refractivity contribution in [3.8, 4) is 0 Å². The number of nitrogens with one attached hydrogen (secondary N) is 1. The van der Waals surface area contributed by atoms with Gasteiger partial charge in [-0.05, 0) is 24.0 Å². The molecule has 0 heterocycles. The zero-order valence-corrected chi connectivity index (χ0v) is 10.9. The SMILES string of the molecule is CCSCCNS(=O)(=O)c1ccc(F)c(F)c1. The van der Waals surface area contributed by atoms with Crippen LogP contribution in [0.15, 0.2) is 23.1 Å². The van der Waals surface area contributed by atoms with Crippen LogP contribution in [0.1, 0.15) is 6.92 Å². The summed E-state index contributed by atoms with van der Waals surface area (Å²) in [7, 11) is -3.75. The summed E-state index contributed by atoms with van der Waals surface area (Å²) in [6, 6.07) is 2.50. The summed E-state index contributed by atoms with van der Waals surface area (Å²) < 4.78 is 51.1. The van der Waals surface area contributed by atoms with Gasteiger partial charge in [0.1, 0.15) is 0 Å². The van der Waals surface area contributed by atoms with E-state index >= 15 is 0 Å². The van der Waals surface area contributed by atoms with E-state index in [9.17, 15) is 17.2 Å². The molecule has 0 radical (unpaired) electrons. The molecule has 1 aromatic rings. The van der Waals surface area contributed by atoms with Crippen molar-refractivity contribution in [2.45, 2.75) is 11.8 Å². The lowest BCUT2D eigenvalue weighted by molar-refractivity contribution is 0.504. The molecule has 0 bridgehead atoms. The quantitative estimate of drug-likeness (QED) is 0.811. The Balaban J connectivity index is 2.72. The average molecular weight is 281 g/mol. The summed E-state index contributed by atoms with van der Waals surface area (Å²) in [4.78, 5) is -0.266. The smallest absolute Gasteiger partial charge is 0.210 e. The van der Waals surface area contributed by atoms with E-state index in [0.29, 0.717) is 11.8 Å². The standard InChI is InChI=1S/C10H13F2NO2S2/c1-2-16-6-5-13-17(14,15)8-3-4-9(11)10(12)7-8/h3-4,7,13H,2,5-6H2,1H3. The molecule has 0 aliphatic carbocycles. The van der Waals surface area contributed by atoms with Crippen LogP contribution >= 0.6 is 11.8 Å². The van der Waals surface area contributed by atoms with Gasteiger partial charge < -0.3 is 0 Å². The molecular formula is C10H13F2NO2S2. The molecule has 3 nitrogen and oxygen atoms in total. The minimum Gasteiger partial charge on any atom is -0.210 e. The lowest BCUT2D eigenvalue weighted by Crippen LogP contribution is -2.26. The minimum atomic E-state index is -3.75. The summed E-state index contributed by atoms with van der Waals surface area (Å²) in [5.41, 5.74) is 0. The van der Waals surface area contributed by atoms with Crippen molar-refractivity contribution in [1.29, 1.82) is 0 Å². The van der Waals surface area contributed by atoms with Crippen LogP contribution in [0.3, 0.4) is 0 Å². The van der Waals surface area contributed by atoms with Crippen molar-refractivity contribution in [2.75, 3.05) is 18.1 Å². The summed E-state index contributed by atoms with van der Waals surface area (Å²) >= 11 is 1.59. The van der Waals surface area contributed by atoms with E-state index in [0.717, 1.165) is 17.9 Å². The van der Waals surface area contributed by atoms with Crippen molar-refractivity contribution < 1.29 is 17.2 Å². The Bertz CT molecular complexity index is 477. The molecule has 96 valence electrons. The van der Waals surface area contributed by atoms with Gasteiger partial charge in [0, 0.05) is 12.3 Å². The van der Waals surface area contributed by atoms with Crippen LogP contribution in [0.25, 0.3) is 0 Å². The normalized spacial score (nSPS) is 11.7. The van der Waals surface area contributed by atoms with Crippen LogP contribution in [0, 0.1) is 11.6 Å². The zero-order chi connectivity index (χ0) is 12.9. The van der Waals surface area contributed by atoms with Gasteiger partial charge in [0.15, 0.2) is 11.6 Å². The van der Waals surface area contributed by atoms with E-state index in [2.05, 4.69) is 4.72 Å². The second kappa shape index (κ2) is 6.32. The third kappa shape index (κ3) is 4.25. The molecule has 0 aliphatic heterocycles. The van der Waals surface area contributed by atoms with Gasteiger partial charge >= 0.3 is 0 Å². The van der Waals surface area contributed by atoms with Crippen LogP contribution in [0.4, 0.5) is 8.78 Å². The van der Waals surface area contributed by atoms with E-state index < -0.39 is 21.7 Å². The topological polar surface area (TPSA) is 46.2 Å². The van der Waals surface area contributed by atoms with E-state index in [4.69, 9.17) is 0 Å². The number of rotatable bonds is 6. The van der Waals surface area contributed by atoms with Gasteiger partial charge in [-0.3, -0.25) is 0 Å². The zero-order valence-electron chi connectivity index (χ0n) is 9.24. The molecule has 0 saturated heterocycles. The second-order valence-electron chi connectivity index (χ2n) is 3.17. The number of benzene rings is 1. The molecule has 1 rings (SSSR count). The third-order valence-corrected chi connectivity index (χ3v) is 4.30. The Labute approximate surface area is 104 Å². The molecule has 0 aliphatic rings. The average Bonchev–Trinajstić information content (AvgIpc) is 2.28. The summed E-state index contributed by atoms with van der Waals surface area (Å²) in [6.07, 6.45) is 0. The van der Waals surface area contributed by atoms with Gasteiger partial charge in [0.05, 0.1) is 4.90 Å². The Kier molecular flexibility index (Phi) is 5.35. The van der Waals surface area contributed by atoms with E-state index in [1.54, 1.807) is 11.8 Å². The van der Waals surface area contributed by atoms with Gasteiger partial charge in [-0.2, -0.15) is 11.8 Å². The molecule has 17 heavy (non-hydrogen) atoms. The molecule has 0 aromatic heterocycles. The second-order valence-corrected chi connectivity index (χ2v) is 6.33. The maximum Gasteiger partial charge on any atom is 0.240 e. The summed E-state index contributed by atoms with van der Waals surface area (Å²) in [6.45, 7) is 2.23. The van der Waals surface area contributed by atoms with Gasteiger partial charge in [-0.25, -0.2) is 21.9 Å². The molecule has 1 N–H and O–H groups in total. The van der Waals surface area contributed by atoms with Crippen LogP contribution in [-0.2, 0) is 10.0 Å². The Morgan fingerprint density at radius 3 is 2.59 bits per heavy atom. The van der Waals surface area contributed by atoms with Crippen LogP contribution < -0.4 is 4.72 Å². The summed E-state index contributed by atoms with van der Waals surface area (Å²) in [5, 5.41) is 0. The molecule has 0 fully saturated rings. The molecular weight excluding hydrogens is 268 g/mol. The van der Waals surface area contributed by atoms with Crippen molar-refractivity contribution in [3.63, 3.8) is 0 Å². The van der Waals surface area contributed by atoms with E-state index in [-0.39, 0.29) is 11.4 Å². The first-order valence-electron chi connectivity index (χ1n) is 5.00. The van der Waals surface area contributed by atoms with Crippen molar-refractivity contribution >= 4 is 21.8 Å². The predicted octanol–water partition coefficient (Wildman–Crippen LogP) is 2.00. The number of thioether (sulfide) groups is 1. The van der Waals surface area contributed by atoms with Crippen molar-refractivity contribution in [1.82, 2.24) is 4.72 Å². The fourth-order valence-electron chi connectivity index (χ4n) is 1.12. The maximum atomic E-state index is 12.9. The number of sulfonamides is 1. The Morgan fingerprint density at radius 1 is 1.29 bits per heavy atom. The molecule has 7 heteroatoms. The Morgan fingerprint density at radius 2 is 2.00 bits per heavy atom. The summed E-state index contributed by atoms with van der Waals surface area (Å²) in [5.74, 6) is -0.701. The number of hydrogen-bond donors (Lipinski definition) is 1. The monoisotopic (exact) mass is 281 g/mol. The Hall–Kier alpha value is -0.660. The van der Waals surface area contributed by atoms with E-state index in [1.807, 2.05) is 6.92 Å².